The fourth-order valence-electron chi connectivity index (χ4n) is 3.39. The number of nitrogens with one attached hydrogen (secondary N) is 1. The van der Waals surface area contributed by atoms with Crippen molar-refractivity contribution >= 4 is 33.7 Å². The summed E-state index contributed by atoms with van der Waals surface area (Å²) in [6.07, 6.45) is 0. The van der Waals surface area contributed by atoms with Gasteiger partial charge in [0.1, 0.15) is 28.9 Å². The summed E-state index contributed by atoms with van der Waals surface area (Å²) in [6.45, 7) is -0.613. The summed E-state index contributed by atoms with van der Waals surface area (Å²) in [5.41, 5.74) is 1.93. The summed E-state index contributed by atoms with van der Waals surface area (Å²) in [6, 6.07) is 19.2. The molecule has 4 rings (SSSR count). The van der Waals surface area contributed by atoms with Crippen molar-refractivity contribution in [1.29, 1.82) is 5.26 Å². The van der Waals surface area contributed by atoms with Gasteiger partial charge in [0, 0.05) is 11.1 Å². The van der Waals surface area contributed by atoms with Crippen LogP contribution in [0.25, 0.3) is 22.5 Å². The van der Waals surface area contributed by atoms with E-state index in [0.717, 1.165) is 0 Å². The van der Waals surface area contributed by atoms with Crippen molar-refractivity contribution < 1.29 is 32.6 Å². The van der Waals surface area contributed by atoms with Gasteiger partial charge in [0.25, 0.3) is 5.91 Å². The van der Waals surface area contributed by atoms with E-state index in [9.17, 15) is 14.9 Å². The zero-order valence-electron chi connectivity index (χ0n) is 19.2. The molecule has 0 spiro atoms. The van der Waals surface area contributed by atoms with Crippen molar-refractivity contribution in [3.63, 3.8) is 0 Å². The Labute approximate surface area is 214 Å². The van der Waals surface area contributed by atoms with Crippen LogP contribution in [-0.2, 0) is 9.53 Å². The number of hydrogen-bond donors (Lipinski definition) is 1. The Balaban J connectivity index is 1.65. The number of esters is 1. The summed E-state index contributed by atoms with van der Waals surface area (Å²) in [5.74, 6) is 0.0221. The summed E-state index contributed by atoms with van der Waals surface area (Å²) >= 11 is 3.09. The topological polar surface area (TPSA) is 124 Å². The number of carbonyl (C=O) groups excluding carboxylic acids is 2. The van der Waals surface area contributed by atoms with E-state index in [0.29, 0.717) is 38.6 Å². The van der Waals surface area contributed by atoms with Gasteiger partial charge in [-0.25, -0.2) is 4.79 Å². The smallest absolute Gasteiger partial charge is 0.374 e. The molecule has 2 aromatic heterocycles. The number of rotatable bonds is 8. The van der Waals surface area contributed by atoms with Gasteiger partial charge in [0.05, 0.1) is 14.2 Å². The maximum Gasteiger partial charge on any atom is 0.374 e. The maximum atomic E-state index is 12.6. The fourth-order valence-corrected chi connectivity index (χ4v) is 3.70. The number of methoxy groups -OCH3 is 2. The average molecular weight is 551 g/mol. The molecule has 0 aliphatic rings. The minimum absolute atomic E-state index is 0.0611. The number of nitrogens with zero attached hydrogens (tertiary/aromatic N) is 1. The minimum atomic E-state index is -0.811. The average Bonchev–Trinajstić information content (AvgIpc) is 3.50. The van der Waals surface area contributed by atoms with Crippen LogP contribution < -0.4 is 14.8 Å². The first-order valence-electron chi connectivity index (χ1n) is 10.5. The normalized spacial score (nSPS) is 10.4. The van der Waals surface area contributed by atoms with Crippen molar-refractivity contribution in [2.24, 2.45) is 0 Å². The lowest BCUT2D eigenvalue weighted by Gasteiger charge is -2.06. The molecule has 0 saturated heterocycles. The maximum absolute atomic E-state index is 12.6. The molecule has 0 aliphatic heterocycles. The SMILES string of the molecule is COc1ccc(-c2oc(NC(=O)COC(=O)c3ccc(Br)o3)c(C#N)c2-c2ccc(OC)cc2)cc1. The monoisotopic (exact) mass is 550 g/mol. The number of benzene rings is 2. The highest BCUT2D eigenvalue weighted by Gasteiger charge is 2.25. The van der Waals surface area contributed by atoms with Gasteiger partial charge in [-0.1, -0.05) is 12.1 Å². The summed E-state index contributed by atoms with van der Waals surface area (Å²) in [5, 5.41) is 12.5. The van der Waals surface area contributed by atoms with Crippen LogP contribution in [0.3, 0.4) is 0 Å². The standard InChI is InChI=1S/C26H19BrN2O7/c1-32-17-7-3-15(4-8-17)23-19(13-28)25(36-24(23)16-5-9-18(33-2)10-6-16)29-22(30)14-34-26(31)20-11-12-21(27)35-20/h3-12H,14H2,1-2H3,(H,29,30). The van der Waals surface area contributed by atoms with Gasteiger partial charge in [-0.15, -0.1) is 0 Å². The third kappa shape index (κ3) is 5.26. The highest BCUT2D eigenvalue weighted by Crippen LogP contribution is 2.42. The highest BCUT2D eigenvalue weighted by molar-refractivity contribution is 9.10. The fraction of sp³-hybridized carbons (Fsp3) is 0.115. The van der Waals surface area contributed by atoms with Crippen molar-refractivity contribution in [2.75, 3.05) is 26.1 Å². The lowest BCUT2D eigenvalue weighted by Crippen LogP contribution is -2.20. The van der Waals surface area contributed by atoms with E-state index in [1.165, 1.54) is 12.1 Å². The van der Waals surface area contributed by atoms with E-state index in [1.54, 1.807) is 62.8 Å². The third-order valence-electron chi connectivity index (χ3n) is 5.11. The molecule has 0 radical (unpaired) electrons. The van der Waals surface area contributed by atoms with Gasteiger partial charge in [-0.2, -0.15) is 5.26 Å². The molecule has 0 fully saturated rings. The molecule has 2 heterocycles. The van der Waals surface area contributed by atoms with Crippen LogP contribution in [0, 0.1) is 11.3 Å². The van der Waals surface area contributed by atoms with Crippen LogP contribution in [0.4, 0.5) is 5.88 Å². The van der Waals surface area contributed by atoms with Gasteiger partial charge in [-0.05, 0) is 70.0 Å². The summed E-state index contributed by atoms with van der Waals surface area (Å²) in [4.78, 5) is 24.6. The van der Waals surface area contributed by atoms with E-state index < -0.39 is 18.5 Å². The van der Waals surface area contributed by atoms with Crippen molar-refractivity contribution in [3.8, 4) is 40.0 Å². The molecule has 0 aliphatic carbocycles. The second kappa shape index (κ2) is 10.8. The molecule has 0 atom stereocenters. The number of amides is 1. The van der Waals surface area contributed by atoms with E-state index in [1.807, 2.05) is 0 Å². The van der Waals surface area contributed by atoms with Gasteiger partial charge < -0.3 is 23.0 Å². The Morgan fingerprint density at radius 1 is 0.917 bits per heavy atom. The number of hydrogen-bond acceptors (Lipinski definition) is 8. The van der Waals surface area contributed by atoms with Crippen LogP contribution in [0.1, 0.15) is 16.1 Å². The van der Waals surface area contributed by atoms with E-state index in [-0.39, 0.29) is 17.2 Å². The molecule has 2 aromatic carbocycles. The quantitative estimate of drug-likeness (QED) is 0.279. The lowest BCUT2D eigenvalue weighted by molar-refractivity contribution is -0.119. The largest absolute Gasteiger partial charge is 0.497 e. The van der Waals surface area contributed by atoms with Crippen molar-refractivity contribution in [2.45, 2.75) is 0 Å². The van der Waals surface area contributed by atoms with Gasteiger partial charge in [0.15, 0.2) is 11.3 Å². The number of nitriles is 1. The van der Waals surface area contributed by atoms with E-state index in [4.69, 9.17) is 23.0 Å². The molecule has 0 unspecified atom stereocenters. The number of ether oxygens (including phenoxy) is 3. The van der Waals surface area contributed by atoms with Crippen molar-refractivity contribution in [1.82, 2.24) is 0 Å². The zero-order chi connectivity index (χ0) is 25.7. The Morgan fingerprint density at radius 2 is 1.53 bits per heavy atom. The predicted molar refractivity (Wildman–Crippen MR) is 133 cm³/mol. The zero-order valence-corrected chi connectivity index (χ0v) is 20.7. The van der Waals surface area contributed by atoms with Gasteiger partial charge in [-0.3, -0.25) is 10.1 Å². The second-order valence-electron chi connectivity index (χ2n) is 7.31. The molecule has 0 bridgehead atoms. The summed E-state index contributed by atoms with van der Waals surface area (Å²) < 4.78 is 26.9. The molecule has 182 valence electrons. The summed E-state index contributed by atoms with van der Waals surface area (Å²) in [7, 11) is 3.12. The lowest BCUT2D eigenvalue weighted by atomic mass is 9.98. The Hall–Kier alpha value is -4.49. The van der Waals surface area contributed by atoms with Crippen LogP contribution in [-0.4, -0.2) is 32.7 Å². The molecule has 1 N–H and O–H groups in total. The number of halogens is 1. The van der Waals surface area contributed by atoms with E-state index >= 15 is 0 Å². The third-order valence-corrected chi connectivity index (χ3v) is 5.54. The van der Waals surface area contributed by atoms with Gasteiger partial charge in [0.2, 0.25) is 11.6 Å². The Bertz CT molecular complexity index is 1430. The van der Waals surface area contributed by atoms with Crippen LogP contribution >= 0.6 is 15.9 Å². The number of furan rings is 2. The Morgan fingerprint density at radius 3 is 2.06 bits per heavy atom. The molecular weight excluding hydrogens is 532 g/mol. The van der Waals surface area contributed by atoms with Crippen LogP contribution in [0.2, 0.25) is 0 Å². The van der Waals surface area contributed by atoms with Crippen molar-refractivity contribution in [3.05, 3.63) is 76.7 Å². The molecule has 10 heteroatoms. The molecule has 9 nitrogen and oxygen atoms in total. The second-order valence-corrected chi connectivity index (χ2v) is 8.09. The first-order chi connectivity index (χ1) is 17.4. The Kier molecular flexibility index (Phi) is 7.42. The number of carbonyl (C=O) groups is 2. The minimum Gasteiger partial charge on any atom is -0.497 e. The van der Waals surface area contributed by atoms with Gasteiger partial charge >= 0.3 is 5.97 Å². The molecule has 36 heavy (non-hydrogen) atoms. The van der Waals surface area contributed by atoms with Crippen LogP contribution in [0.15, 0.2) is 74.2 Å². The predicted octanol–water partition coefficient (Wildman–Crippen LogP) is 5.65. The van der Waals surface area contributed by atoms with Crippen LogP contribution in [0.5, 0.6) is 11.5 Å². The number of anilines is 1. The van der Waals surface area contributed by atoms with E-state index in [2.05, 4.69) is 27.3 Å². The first-order valence-corrected chi connectivity index (χ1v) is 11.3. The molecule has 4 aromatic rings. The first kappa shape index (κ1) is 24.6. The molecule has 1 amide bonds. The molecular formula is C26H19BrN2O7. The highest BCUT2D eigenvalue weighted by atomic mass is 79.9. The molecule has 0 saturated carbocycles.